The van der Waals surface area contributed by atoms with Gasteiger partial charge in [0.1, 0.15) is 6.04 Å². The van der Waals surface area contributed by atoms with E-state index in [0.717, 1.165) is 19.5 Å². The molecule has 3 N–H and O–H groups in total. The van der Waals surface area contributed by atoms with Gasteiger partial charge in [0.05, 0.1) is 0 Å². The Kier molecular flexibility index (Phi) is 7.82. The Bertz CT molecular complexity index is 360. The van der Waals surface area contributed by atoms with Crippen LogP contribution in [-0.4, -0.2) is 53.7 Å². The van der Waals surface area contributed by atoms with Gasteiger partial charge < -0.3 is 20.6 Å². The number of nitrogens with zero attached hydrogens (tertiary/aromatic N) is 1. The van der Waals surface area contributed by atoms with Crippen molar-refractivity contribution in [2.45, 2.75) is 51.1 Å². The molecule has 0 saturated carbocycles. The van der Waals surface area contributed by atoms with Crippen LogP contribution in [0.25, 0.3) is 0 Å². The maximum absolute atomic E-state index is 11.6. The molecule has 1 rings (SSSR count). The van der Waals surface area contributed by atoms with E-state index in [1.165, 1.54) is 25.3 Å². The quantitative estimate of drug-likeness (QED) is 0.469. The first kappa shape index (κ1) is 17.5. The molecule has 2 atom stereocenters. The second-order valence-corrected chi connectivity index (χ2v) is 5.55. The average molecular weight is 297 g/mol. The number of likely N-dealkylation sites (tertiary alicyclic amines) is 1. The Hall–Kier alpha value is -1.56. The van der Waals surface area contributed by atoms with Gasteiger partial charge >= 0.3 is 12.0 Å². The van der Waals surface area contributed by atoms with Crippen molar-refractivity contribution in [3.05, 3.63) is 12.7 Å². The number of hydrogen-bond donors (Lipinski definition) is 3. The number of piperidine rings is 1. The van der Waals surface area contributed by atoms with Crippen molar-refractivity contribution in [2.75, 3.05) is 19.6 Å². The molecule has 0 bridgehead atoms. The standard InChI is InChI=1S/C15H27N3O3/c1-3-7-13(14(19)20)17-15(21)16-9-6-11-18-10-5-4-8-12(18)2/h3,12-13H,1,4-11H2,2H3,(H,19,20)(H2,16,17,21). The van der Waals surface area contributed by atoms with Crippen LogP contribution in [0.5, 0.6) is 0 Å². The summed E-state index contributed by atoms with van der Waals surface area (Å²) in [6.45, 7) is 8.38. The fourth-order valence-electron chi connectivity index (χ4n) is 2.57. The average Bonchev–Trinajstić information content (AvgIpc) is 2.44. The lowest BCUT2D eigenvalue weighted by Crippen LogP contribution is -2.46. The van der Waals surface area contributed by atoms with E-state index in [4.69, 9.17) is 5.11 Å². The van der Waals surface area contributed by atoms with Crippen LogP contribution in [0, 0.1) is 0 Å². The van der Waals surface area contributed by atoms with Crippen molar-refractivity contribution in [2.24, 2.45) is 0 Å². The van der Waals surface area contributed by atoms with Crippen molar-refractivity contribution < 1.29 is 14.7 Å². The number of carbonyl (C=O) groups excluding carboxylic acids is 1. The smallest absolute Gasteiger partial charge is 0.326 e. The van der Waals surface area contributed by atoms with Gasteiger partial charge in [-0.05, 0) is 39.2 Å². The summed E-state index contributed by atoms with van der Waals surface area (Å²) in [6, 6.07) is -0.725. The minimum atomic E-state index is -1.05. The first-order valence-electron chi connectivity index (χ1n) is 7.66. The highest BCUT2D eigenvalue weighted by Crippen LogP contribution is 2.15. The molecule has 1 fully saturated rings. The number of hydrogen-bond acceptors (Lipinski definition) is 3. The summed E-state index contributed by atoms with van der Waals surface area (Å²) < 4.78 is 0. The molecular weight excluding hydrogens is 270 g/mol. The number of carboxylic acid groups (broad SMARTS) is 1. The minimum absolute atomic E-state index is 0.216. The van der Waals surface area contributed by atoms with Gasteiger partial charge in [0.25, 0.3) is 0 Å². The van der Waals surface area contributed by atoms with Gasteiger partial charge in [-0.1, -0.05) is 12.5 Å². The summed E-state index contributed by atoms with van der Waals surface area (Å²) in [5.41, 5.74) is 0. The zero-order chi connectivity index (χ0) is 15.7. The third-order valence-electron chi connectivity index (χ3n) is 3.85. The predicted octanol–water partition coefficient (Wildman–Crippen LogP) is 1.58. The van der Waals surface area contributed by atoms with E-state index in [1.807, 2.05) is 0 Å². The largest absolute Gasteiger partial charge is 0.480 e. The molecule has 6 heteroatoms. The summed E-state index contributed by atoms with van der Waals surface area (Å²) in [5, 5.41) is 14.1. The van der Waals surface area contributed by atoms with E-state index >= 15 is 0 Å². The van der Waals surface area contributed by atoms with Crippen LogP contribution in [-0.2, 0) is 4.79 Å². The Balaban J connectivity index is 2.17. The number of aliphatic carboxylic acids is 1. The van der Waals surface area contributed by atoms with Crippen LogP contribution >= 0.6 is 0 Å². The van der Waals surface area contributed by atoms with Crippen molar-refractivity contribution in [3.63, 3.8) is 0 Å². The number of amides is 2. The minimum Gasteiger partial charge on any atom is -0.480 e. The van der Waals surface area contributed by atoms with E-state index in [-0.39, 0.29) is 6.42 Å². The van der Waals surface area contributed by atoms with Crippen LogP contribution in [0.3, 0.4) is 0 Å². The van der Waals surface area contributed by atoms with Gasteiger partial charge in [-0.15, -0.1) is 6.58 Å². The van der Waals surface area contributed by atoms with Gasteiger partial charge in [0, 0.05) is 19.1 Å². The number of carboxylic acids is 1. The summed E-state index contributed by atoms with van der Waals surface area (Å²) in [4.78, 5) is 25.0. The lowest BCUT2D eigenvalue weighted by atomic mass is 10.0. The van der Waals surface area contributed by atoms with Gasteiger partial charge in [-0.2, -0.15) is 0 Å². The molecule has 0 aromatic carbocycles. The van der Waals surface area contributed by atoms with Gasteiger partial charge in [-0.25, -0.2) is 9.59 Å². The zero-order valence-electron chi connectivity index (χ0n) is 12.8. The van der Waals surface area contributed by atoms with Crippen LogP contribution < -0.4 is 10.6 Å². The van der Waals surface area contributed by atoms with Crippen LogP contribution in [0.2, 0.25) is 0 Å². The predicted molar refractivity (Wildman–Crippen MR) is 82.3 cm³/mol. The molecule has 0 aliphatic carbocycles. The molecule has 21 heavy (non-hydrogen) atoms. The summed E-state index contributed by atoms with van der Waals surface area (Å²) in [5.74, 6) is -1.05. The van der Waals surface area contributed by atoms with E-state index in [0.29, 0.717) is 12.6 Å². The SMILES string of the molecule is C=CCC(NC(=O)NCCCN1CCCCC1C)C(=O)O. The van der Waals surface area contributed by atoms with Gasteiger partial charge in [-0.3, -0.25) is 0 Å². The number of rotatable bonds is 8. The van der Waals surface area contributed by atoms with Crippen molar-refractivity contribution >= 4 is 12.0 Å². The molecule has 1 aliphatic heterocycles. The maximum atomic E-state index is 11.6. The molecule has 2 unspecified atom stereocenters. The summed E-state index contributed by atoms with van der Waals surface area (Å²) in [7, 11) is 0. The monoisotopic (exact) mass is 297 g/mol. The second kappa shape index (κ2) is 9.39. The molecule has 0 aromatic heterocycles. The van der Waals surface area contributed by atoms with E-state index in [2.05, 4.69) is 29.0 Å². The number of carbonyl (C=O) groups is 2. The highest BCUT2D eigenvalue weighted by molar-refractivity contribution is 5.82. The van der Waals surface area contributed by atoms with Crippen molar-refractivity contribution in [1.82, 2.24) is 15.5 Å². The number of nitrogens with one attached hydrogen (secondary N) is 2. The maximum Gasteiger partial charge on any atom is 0.326 e. The molecular formula is C15H27N3O3. The van der Waals surface area contributed by atoms with Gasteiger partial charge in [0.2, 0.25) is 0 Å². The van der Waals surface area contributed by atoms with Crippen LogP contribution in [0.15, 0.2) is 12.7 Å². The lowest BCUT2D eigenvalue weighted by Gasteiger charge is -2.33. The molecule has 120 valence electrons. The Morgan fingerprint density at radius 3 is 2.86 bits per heavy atom. The zero-order valence-corrected chi connectivity index (χ0v) is 12.8. The van der Waals surface area contributed by atoms with E-state index < -0.39 is 18.0 Å². The molecule has 0 radical (unpaired) electrons. The normalized spacial score (nSPS) is 20.5. The van der Waals surface area contributed by atoms with E-state index in [1.54, 1.807) is 0 Å². The second-order valence-electron chi connectivity index (χ2n) is 5.55. The number of urea groups is 1. The topological polar surface area (TPSA) is 81.7 Å². The molecule has 0 aromatic rings. The fraction of sp³-hybridized carbons (Fsp3) is 0.733. The Labute approximate surface area is 126 Å². The summed E-state index contributed by atoms with van der Waals surface area (Å²) in [6.07, 6.45) is 6.37. The summed E-state index contributed by atoms with van der Waals surface area (Å²) >= 11 is 0. The van der Waals surface area contributed by atoms with E-state index in [9.17, 15) is 9.59 Å². The van der Waals surface area contributed by atoms with Crippen LogP contribution in [0.4, 0.5) is 4.79 Å². The Morgan fingerprint density at radius 2 is 2.24 bits per heavy atom. The first-order chi connectivity index (χ1) is 10.0. The molecule has 6 nitrogen and oxygen atoms in total. The molecule has 2 amide bonds. The third kappa shape index (κ3) is 6.62. The Morgan fingerprint density at radius 1 is 1.48 bits per heavy atom. The lowest BCUT2D eigenvalue weighted by molar-refractivity contribution is -0.139. The van der Waals surface area contributed by atoms with Crippen LogP contribution in [0.1, 0.15) is 39.0 Å². The highest BCUT2D eigenvalue weighted by atomic mass is 16.4. The third-order valence-corrected chi connectivity index (χ3v) is 3.85. The van der Waals surface area contributed by atoms with Gasteiger partial charge in [0.15, 0.2) is 0 Å². The first-order valence-corrected chi connectivity index (χ1v) is 7.66. The molecule has 1 saturated heterocycles. The van der Waals surface area contributed by atoms with Crippen molar-refractivity contribution in [3.8, 4) is 0 Å². The highest BCUT2D eigenvalue weighted by Gasteiger charge is 2.19. The molecule has 1 heterocycles. The fourth-order valence-corrected chi connectivity index (χ4v) is 2.57. The molecule has 1 aliphatic rings. The molecule has 0 spiro atoms. The van der Waals surface area contributed by atoms with Crippen molar-refractivity contribution in [1.29, 1.82) is 0 Å².